The summed E-state index contributed by atoms with van der Waals surface area (Å²) in [5.41, 5.74) is 0. The normalized spacial score (nSPS) is 15.4. The SMILES string of the molecule is CCCN(CCOCC(=O)OCC)C1CC1. The predicted molar refractivity (Wildman–Crippen MR) is 62.3 cm³/mol. The summed E-state index contributed by atoms with van der Waals surface area (Å²) in [4.78, 5) is 13.4. The van der Waals surface area contributed by atoms with E-state index < -0.39 is 0 Å². The Balaban J connectivity index is 2.01. The van der Waals surface area contributed by atoms with E-state index in [-0.39, 0.29) is 12.6 Å². The second kappa shape index (κ2) is 7.63. The quantitative estimate of drug-likeness (QED) is 0.443. The molecule has 0 spiro atoms. The molecule has 0 aromatic carbocycles. The highest BCUT2D eigenvalue weighted by molar-refractivity contribution is 5.70. The minimum Gasteiger partial charge on any atom is -0.464 e. The highest BCUT2D eigenvalue weighted by Gasteiger charge is 2.27. The van der Waals surface area contributed by atoms with Crippen LogP contribution in [0.2, 0.25) is 0 Å². The fraction of sp³-hybridized carbons (Fsp3) is 0.917. The molecule has 0 radical (unpaired) electrons. The van der Waals surface area contributed by atoms with Crippen molar-refractivity contribution in [3.63, 3.8) is 0 Å². The van der Waals surface area contributed by atoms with Gasteiger partial charge in [0.25, 0.3) is 0 Å². The highest BCUT2D eigenvalue weighted by atomic mass is 16.6. The van der Waals surface area contributed by atoms with E-state index in [2.05, 4.69) is 11.8 Å². The largest absolute Gasteiger partial charge is 0.464 e. The van der Waals surface area contributed by atoms with Crippen LogP contribution >= 0.6 is 0 Å². The molecule has 0 amide bonds. The van der Waals surface area contributed by atoms with E-state index in [1.54, 1.807) is 6.92 Å². The summed E-state index contributed by atoms with van der Waals surface area (Å²) >= 11 is 0. The zero-order chi connectivity index (χ0) is 11.8. The molecule has 16 heavy (non-hydrogen) atoms. The number of nitrogens with zero attached hydrogens (tertiary/aromatic N) is 1. The molecule has 0 atom stereocenters. The van der Waals surface area contributed by atoms with Crippen LogP contribution in [0.1, 0.15) is 33.1 Å². The molecule has 4 heteroatoms. The number of hydrogen-bond acceptors (Lipinski definition) is 4. The third-order valence-corrected chi connectivity index (χ3v) is 2.62. The van der Waals surface area contributed by atoms with Gasteiger partial charge in [-0.15, -0.1) is 0 Å². The number of hydrogen-bond donors (Lipinski definition) is 0. The van der Waals surface area contributed by atoms with Crippen LogP contribution in [0.4, 0.5) is 0 Å². The predicted octanol–water partition coefficient (Wildman–Crippen LogP) is 1.44. The molecule has 0 aromatic heterocycles. The van der Waals surface area contributed by atoms with Gasteiger partial charge in [-0.1, -0.05) is 6.92 Å². The van der Waals surface area contributed by atoms with Crippen LogP contribution in [0.3, 0.4) is 0 Å². The number of carbonyl (C=O) groups is 1. The van der Waals surface area contributed by atoms with Gasteiger partial charge in [0.2, 0.25) is 0 Å². The molecule has 0 heterocycles. The fourth-order valence-corrected chi connectivity index (χ4v) is 1.74. The lowest BCUT2D eigenvalue weighted by Crippen LogP contribution is -2.31. The standard InChI is InChI=1S/C12H23NO3/c1-3-7-13(11-5-6-11)8-9-15-10-12(14)16-4-2/h11H,3-10H2,1-2H3. The van der Waals surface area contributed by atoms with Crippen molar-refractivity contribution in [2.45, 2.75) is 39.2 Å². The van der Waals surface area contributed by atoms with E-state index in [9.17, 15) is 4.79 Å². The molecule has 0 saturated heterocycles. The molecule has 0 bridgehead atoms. The van der Waals surface area contributed by atoms with Gasteiger partial charge < -0.3 is 9.47 Å². The maximum Gasteiger partial charge on any atom is 0.332 e. The number of ether oxygens (including phenoxy) is 2. The maximum absolute atomic E-state index is 11.0. The van der Waals surface area contributed by atoms with Crippen molar-refractivity contribution in [1.29, 1.82) is 0 Å². The third-order valence-electron chi connectivity index (χ3n) is 2.62. The first-order chi connectivity index (χ1) is 7.77. The van der Waals surface area contributed by atoms with Crippen molar-refractivity contribution >= 4 is 5.97 Å². The zero-order valence-corrected chi connectivity index (χ0v) is 10.4. The molecule has 0 aromatic rings. The summed E-state index contributed by atoms with van der Waals surface area (Å²) in [6.07, 6.45) is 3.81. The average Bonchev–Trinajstić information content (AvgIpc) is 3.07. The van der Waals surface area contributed by atoms with Gasteiger partial charge in [-0.05, 0) is 32.7 Å². The van der Waals surface area contributed by atoms with E-state index in [0.717, 1.165) is 19.1 Å². The van der Waals surface area contributed by atoms with E-state index in [1.807, 2.05) is 0 Å². The van der Waals surface area contributed by atoms with Gasteiger partial charge in [-0.2, -0.15) is 0 Å². The lowest BCUT2D eigenvalue weighted by atomic mass is 10.4. The van der Waals surface area contributed by atoms with E-state index >= 15 is 0 Å². The summed E-state index contributed by atoms with van der Waals surface area (Å²) in [5, 5.41) is 0. The van der Waals surface area contributed by atoms with Crippen LogP contribution in [0.15, 0.2) is 0 Å². The Bertz CT molecular complexity index is 204. The molecule has 4 nitrogen and oxygen atoms in total. The first-order valence-corrected chi connectivity index (χ1v) is 6.25. The van der Waals surface area contributed by atoms with Gasteiger partial charge in [0.1, 0.15) is 6.61 Å². The van der Waals surface area contributed by atoms with Crippen molar-refractivity contribution in [3.05, 3.63) is 0 Å². The summed E-state index contributed by atoms with van der Waals surface area (Å²) in [7, 11) is 0. The molecule has 1 rings (SSSR count). The van der Waals surface area contributed by atoms with Crippen molar-refractivity contribution in [2.75, 3.05) is 32.9 Å². The van der Waals surface area contributed by atoms with E-state index in [1.165, 1.54) is 19.3 Å². The van der Waals surface area contributed by atoms with Gasteiger partial charge in [-0.3, -0.25) is 4.90 Å². The number of esters is 1. The summed E-state index contributed by atoms with van der Waals surface area (Å²) in [6.45, 7) is 7.17. The minimum atomic E-state index is -0.268. The summed E-state index contributed by atoms with van der Waals surface area (Å²) in [6, 6.07) is 0.770. The van der Waals surface area contributed by atoms with E-state index in [4.69, 9.17) is 9.47 Å². The molecular weight excluding hydrogens is 206 g/mol. The second-order valence-electron chi connectivity index (χ2n) is 4.12. The fourth-order valence-electron chi connectivity index (χ4n) is 1.74. The Labute approximate surface area is 97.9 Å². The Hall–Kier alpha value is -0.610. The van der Waals surface area contributed by atoms with Gasteiger partial charge in [-0.25, -0.2) is 4.79 Å². The van der Waals surface area contributed by atoms with Gasteiger partial charge >= 0.3 is 5.97 Å². The molecule has 1 fully saturated rings. The number of rotatable bonds is 9. The summed E-state index contributed by atoms with van der Waals surface area (Å²) < 4.78 is 10.1. The second-order valence-corrected chi connectivity index (χ2v) is 4.12. The molecule has 0 N–H and O–H groups in total. The van der Waals surface area contributed by atoms with Crippen LogP contribution in [-0.2, 0) is 14.3 Å². The van der Waals surface area contributed by atoms with E-state index in [0.29, 0.717) is 13.2 Å². The van der Waals surface area contributed by atoms with Crippen LogP contribution in [0.25, 0.3) is 0 Å². The maximum atomic E-state index is 11.0. The Kier molecular flexibility index (Phi) is 6.42. The topological polar surface area (TPSA) is 38.8 Å². The number of carbonyl (C=O) groups excluding carboxylic acids is 1. The van der Waals surface area contributed by atoms with Gasteiger partial charge in [0.05, 0.1) is 13.2 Å². The van der Waals surface area contributed by atoms with Crippen LogP contribution in [0.5, 0.6) is 0 Å². The van der Waals surface area contributed by atoms with Crippen molar-refractivity contribution < 1.29 is 14.3 Å². The molecule has 0 unspecified atom stereocenters. The lowest BCUT2D eigenvalue weighted by Gasteiger charge is -2.20. The molecule has 0 aliphatic heterocycles. The van der Waals surface area contributed by atoms with Crippen LogP contribution in [0, 0.1) is 0 Å². The Morgan fingerprint density at radius 1 is 1.31 bits per heavy atom. The lowest BCUT2D eigenvalue weighted by molar-refractivity contribution is -0.148. The highest BCUT2D eigenvalue weighted by Crippen LogP contribution is 2.26. The first-order valence-electron chi connectivity index (χ1n) is 6.25. The Morgan fingerprint density at radius 2 is 2.06 bits per heavy atom. The molecular formula is C12H23NO3. The molecule has 94 valence electrons. The molecule has 1 saturated carbocycles. The monoisotopic (exact) mass is 229 g/mol. The smallest absolute Gasteiger partial charge is 0.332 e. The van der Waals surface area contributed by atoms with Crippen molar-refractivity contribution in [2.24, 2.45) is 0 Å². The van der Waals surface area contributed by atoms with Crippen molar-refractivity contribution in [1.82, 2.24) is 4.90 Å². The van der Waals surface area contributed by atoms with Gasteiger partial charge in [0.15, 0.2) is 0 Å². The average molecular weight is 229 g/mol. The first kappa shape index (κ1) is 13.5. The minimum absolute atomic E-state index is 0.0818. The van der Waals surface area contributed by atoms with Crippen LogP contribution in [-0.4, -0.2) is 49.8 Å². The Morgan fingerprint density at radius 3 is 2.62 bits per heavy atom. The zero-order valence-electron chi connectivity index (χ0n) is 10.4. The summed E-state index contributed by atoms with van der Waals surface area (Å²) in [5.74, 6) is -0.268. The van der Waals surface area contributed by atoms with Crippen LogP contribution < -0.4 is 0 Å². The van der Waals surface area contributed by atoms with Gasteiger partial charge in [0, 0.05) is 12.6 Å². The molecule has 1 aliphatic rings. The van der Waals surface area contributed by atoms with Crippen molar-refractivity contribution in [3.8, 4) is 0 Å². The third kappa shape index (κ3) is 5.47. The molecule has 1 aliphatic carbocycles.